The van der Waals surface area contributed by atoms with Crippen molar-refractivity contribution in [3.05, 3.63) is 18.2 Å². The van der Waals surface area contributed by atoms with Crippen LogP contribution in [-0.2, 0) is 10.0 Å². The number of nitrogens with one attached hydrogen (secondary N) is 2. The maximum atomic E-state index is 11.9. The zero-order valence-corrected chi connectivity index (χ0v) is 14.1. The van der Waals surface area contributed by atoms with E-state index in [9.17, 15) is 8.42 Å². The van der Waals surface area contributed by atoms with Gasteiger partial charge in [0.05, 0.1) is 16.3 Å². The van der Waals surface area contributed by atoms with Crippen molar-refractivity contribution in [3.63, 3.8) is 0 Å². The Morgan fingerprint density at radius 3 is 2.48 bits per heavy atom. The van der Waals surface area contributed by atoms with Gasteiger partial charge in [-0.1, -0.05) is 0 Å². The van der Waals surface area contributed by atoms with E-state index in [1.807, 2.05) is 11.8 Å². The number of nitrogens with two attached hydrogens (primary N) is 1. The van der Waals surface area contributed by atoms with Gasteiger partial charge in [0.25, 0.3) is 0 Å². The lowest BCUT2D eigenvalue weighted by Gasteiger charge is -2.29. The fourth-order valence-electron chi connectivity index (χ4n) is 2.61. The van der Waals surface area contributed by atoms with E-state index in [0.717, 1.165) is 18.1 Å². The highest BCUT2D eigenvalue weighted by Crippen LogP contribution is 2.30. The normalized spacial score (nSPS) is 23.0. The minimum Gasteiger partial charge on any atom is -0.397 e. The van der Waals surface area contributed by atoms with E-state index in [1.54, 1.807) is 12.1 Å². The summed E-state index contributed by atoms with van der Waals surface area (Å²) < 4.78 is 26.0. The van der Waals surface area contributed by atoms with E-state index < -0.39 is 10.0 Å². The molecular formula is C14H23N3O2S2. The van der Waals surface area contributed by atoms with E-state index >= 15 is 0 Å². The lowest BCUT2D eigenvalue weighted by molar-refractivity contribution is 0.473. The Morgan fingerprint density at radius 2 is 1.90 bits per heavy atom. The largest absolute Gasteiger partial charge is 0.397 e. The highest BCUT2D eigenvalue weighted by Gasteiger charge is 2.21. The number of benzene rings is 1. The molecule has 1 saturated carbocycles. The van der Waals surface area contributed by atoms with Gasteiger partial charge < -0.3 is 11.1 Å². The van der Waals surface area contributed by atoms with Crippen LogP contribution in [0.25, 0.3) is 0 Å². The molecule has 118 valence electrons. The van der Waals surface area contributed by atoms with Crippen molar-refractivity contribution < 1.29 is 8.42 Å². The summed E-state index contributed by atoms with van der Waals surface area (Å²) in [5.74, 6) is 0. The Hall–Kier alpha value is -0.920. The minimum absolute atomic E-state index is 0.236. The van der Waals surface area contributed by atoms with Gasteiger partial charge in [0.2, 0.25) is 10.0 Å². The van der Waals surface area contributed by atoms with E-state index in [2.05, 4.69) is 16.3 Å². The van der Waals surface area contributed by atoms with Crippen LogP contribution >= 0.6 is 11.8 Å². The van der Waals surface area contributed by atoms with Crippen molar-refractivity contribution in [1.82, 2.24) is 4.72 Å². The standard InChI is InChI=1S/C14H23N3O2S2/c1-16-21(18,19)12-7-8-13(15)14(9-12)17-10-3-5-11(20-2)6-4-10/h7-11,16-17H,3-6,15H2,1-2H3. The van der Waals surface area contributed by atoms with Crippen LogP contribution in [0.2, 0.25) is 0 Å². The van der Waals surface area contributed by atoms with Crippen LogP contribution in [0.15, 0.2) is 23.1 Å². The van der Waals surface area contributed by atoms with Crippen molar-refractivity contribution in [2.24, 2.45) is 0 Å². The van der Waals surface area contributed by atoms with Gasteiger partial charge in [-0.25, -0.2) is 13.1 Å². The number of rotatable bonds is 5. The molecule has 1 aromatic carbocycles. The minimum atomic E-state index is -3.44. The molecule has 1 aromatic rings. The highest BCUT2D eigenvalue weighted by molar-refractivity contribution is 7.99. The Labute approximate surface area is 131 Å². The maximum Gasteiger partial charge on any atom is 0.240 e. The molecule has 0 saturated heterocycles. The first-order chi connectivity index (χ1) is 9.96. The van der Waals surface area contributed by atoms with Gasteiger partial charge in [-0.2, -0.15) is 11.8 Å². The molecule has 4 N–H and O–H groups in total. The number of hydrogen-bond donors (Lipinski definition) is 3. The summed E-state index contributed by atoms with van der Waals surface area (Å²) in [4.78, 5) is 0.236. The number of sulfonamides is 1. The Bertz CT molecular complexity index is 582. The molecule has 1 aliphatic carbocycles. The number of anilines is 2. The van der Waals surface area contributed by atoms with E-state index in [-0.39, 0.29) is 4.90 Å². The quantitative estimate of drug-likeness (QED) is 0.722. The summed E-state index contributed by atoms with van der Waals surface area (Å²) in [6.07, 6.45) is 6.71. The van der Waals surface area contributed by atoms with Crippen LogP contribution in [0.1, 0.15) is 25.7 Å². The van der Waals surface area contributed by atoms with E-state index in [4.69, 9.17) is 5.73 Å². The molecule has 0 heterocycles. The van der Waals surface area contributed by atoms with E-state index in [1.165, 1.54) is 26.0 Å². The summed E-state index contributed by atoms with van der Waals surface area (Å²) in [5, 5.41) is 4.15. The summed E-state index contributed by atoms with van der Waals surface area (Å²) in [6, 6.07) is 5.14. The number of thioether (sulfide) groups is 1. The van der Waals surface area contributed by atoms with Crippen LogP contribution < -0.4 is 15.8 Å². The molecule has 7 heteroatoms. The van der Waals surface area contributed by atoms with Crippen molar-refractivity contribution in [3.8, 4) is 0 Å². The first-order valence-corrected chi connectivity index (χ1v) is 9.85. The maximum absolute atomic E-state index is 11.9. The first-order valence-electron chi connectivity index (χ1n) is 7.08. The monoisotopic (exact) mass is 329 g/mol. The first kappa shape index (κ1) is 16.5. The molecule has 0 bridgehead atoms. The highest BCUT2D eigenvalue weighted by atomic mass is 32.2. The van der Waals surface area contributed by atoms with Gasteiger partial charge in [0.15, 0.2) is 0 Å². The van der Waals surface area contributed by atoms with Gasteiger partial charge >= 0.3 is 0 Å². The van der Waals surface area contributed by atoms with Crippen molar-refractivity contribution in [2.45, 2.75) is 41.9 Å². The third-order valence-electron chi connectivity index (χ3n) is 3.97. The molecule has 0 aromatic heterocycles. The van der Waals surface area contributed by atoms with Crippen LogP contribution in [-0.4, -0.2) is 33.0 Å². The van der Waals surface area contributed by atoms with Gasteiger partial charge in [-0.05, 0) is 57.2 Å². The van der Waals surface area contributed by atoms with Crippen LogP contribution in [0.4, 0.5) is 11.4 Å². The second kappa shape index (κ2) is 6.89. The molecule has 0 spiro atoms. The van der Waals surface area contributed by atoms with Crippen LogP contribution in [0.5, 0.6) is 0 Å². The summed E-state index contributed by atoms with van der Waals surface area (Å²) in [5.41, 5.74) is 7.25. The summed E-state index contributed by atoms with van der Waals surface area (Å²) in [6.45, 7) is 0. The van der Waals surface area contributed by atoms with Gasteiger partial charge in [0.1, 0.15) is 0 Å². The van der Waals surface area contributed by atoms with Gasteiger partial charge in [-0.3, -0.25) is 0 Å². The van der Waals surface area contributed by atoms with E-state index in [0.29, 0.717) is 17.4 Å². The van der Waals surface area contributed by atoms with Crippen LogP contribution in [0, 0.1) is 0 Å². The molecule has 0 aliphatic heterocycles. The van der Waals surface area contributed by atoms with Gasteiger partial charge in [-0.15, -0.1) is 0 Å². The molecule has 1 aliphatic rings. The van der Waals surface area contributed by atoms with Crippen molar-refractivity contribution in [1.29, 1.82) is 0 Å². The Balaban J connectivity index is 2.12. The van der Waals surface area contributed by atoms with Crippen LogP contribution in [0.3, 0.4) is 0 Å². The molecule has 0 atom stereocenters. The Morgan fingerprint density at radius 1 is 1.24 bits per heavy atom. The van der Waals surface area contributed by atoms with Crippen molar-refractivity contribution in [2.75, 3.05) is 24.4 Å². The second-order valence-corrected chi connectivity index (χ2v) is 8.33. The lowest BCUT2D eigenvalue weighted by Crippen LogP contribution is -2.27. The summed E-state index contributed by atoms with van der Waals surface area (Å²) >= 11 is 1.93. The smallest absolute Gasteiger partial charge is 0.240 e. The number of nitrogen functional groups attached to an aromatic ring is 1. The third kappa shape index (κ3) is 4.05. The molecule has 21 heavy (non-hydrogen) atoms. The number of hydrogen-bond acceptors (Lipinski definition) is 5. The third-order valence-corrected chi connectivity index (χ3v) is 6.52. The molecule has 0 radical (unpaired) electrons. The molecule has 1 fully saturated rings. The molecule has 0 amide bonds. The molecule has 5 nitrogen and oxygen atoms in total. The zero-order valence-electron chi connectivity index (χ0n) is 12.4. The summed E-state index contributed by atoms with van der Waals surface area (Å²) in [7, 11) is -2.03. The SMILES string of the molecule is CNS(=O)(=O)c1ccc(N)c(NC2CCC(SC)CC2)c1. The molecule has 0 unspecified atom stereocenters. The predicted octanol–water partition coefficient (Wildman–Crippen LogP) is 2.26. The topological polar surface area (TPSA) is 84.2 Å². The van der Waals surface area contributed by atoms with Crippen molar-refractivity contribution >= 4 is 33.2 Å². The average molecular weight is 329 g/mol. The fourth-order valence-corrected chi connectivity index (χ4v) is 4.11. The fraction of sp³-hybridized carbons (Fsp3) is 0.571. The molecule has 2 rings (SSSR count). The predicted molar refractivity (Wildman–Crippen MR) is 90.3 cm³/mol. The Kier molecular flexibility index (Phi) is 5.40. The second-order valence-electron chi connectivity index (χ2n) is 5.31. The molecular weight excluding hydrogens is 306 g/mol. The van der Waals surface area contributed by atoms with Gasteiger partial charge in [0, 0.05) is 11.3 Å². The average Bonchev–Trinajstić information content (AvgIpc) is 2.50. The lowest BCUT2D eigenvalue weighted by atomic mass is 9.94. The zero-order chi connectivity index (χ0) is 15.5.